The Hall–Kier alpha value is -2.54. The molecule has 7 heteroatoms. The summed E-state index contributed by atoms with van der Waals surface area (Å²) in [6.45, 7) is 11.9. The molecule has 0 radical (unpaired) electrons. The number of hydrogen-bond acceptors (Lipinski definition) is 4. The molecule has 6 nitrogen and oxygen atoms in total. The molecular formula is C26H37N3O3S. The number of hydrogen-bond donors (Lipinski definition) is 1. The molecule has 1 aliphatic heterocycles. The Kier molecular flexibility index (Phi) is 8.78. The minimum absolute atomic E-state index is 0.0454. The zero-order chi connectivity index (χ0) is 24.0. The van der Waals surface area contributed by atoms with Crippen LogP contribution in [0.4, 0.5) is 4.79 Å². The van der Waals surface area contributed by atoms with Gasteiger partial charge < -0.3 is 19.9 Å². The van der Waals surface area contributed by atoms with Gasteiger partial charge in [-0.2, -0.15) is 0 Å². The monoisotopic (exact) mass is 471 g/mol. The molecule has 0 aliphatic carbocycles. The van der Waals surface area contributed by atoms with Crippen molar-refractivity contribution in [1.29, 1.82) is 0 Å². The van der Waals surface area contributed by atoms with Crippen molar-refractivity contribution in [2.24, 2.45) is 0 Å². The number of benzene rings is 1. The lowest BCUT2D eigenvalue weighted by Gasteiger charge is -2.37. The first-order valence-electron chi connectivity index (χ1n) is 11.9. The number of urea groups is 1. The first-order chi connectivity index (χ1) is 15.8. The summed E-state index contributed by atoms with van der Waals surface area (Å²) in [5.74, 6) is 1.23. The van der Waals surface area contributed by atoms with Gasteiger partial charge in [-0.15, -0.1) is 11.3 Å². The third-order valence-corrected chi connectivity index (χ3v) is 7.08. The maximum absolute atomic E-state index is 13.4. The van der Waals surface area contributed by atoms with Crippen LogP contribution in [-0.4, -0.2) is 54.0 Å². The van der Waals surface area contributed by atoms with E-state index in [2.05, 4.69) is 42.7 Å². The quantitative estimate of drug-likeness (QED) is 0.546. The fourth-order valence-electron chi connectivity index (χ4n) is 4.06. The largest absolute Gasteiger partial charge is 0.491 e. The van der Waals surface area contributed by atoms with Gasteiger partial charge in [-0.05, 0) is 67.3 Å². The molecule has 2 heterocycles. The van der Waals surface area contributed by atoms with Crippen LogP contribution in [0.1, 0.15) is 69.0 Å². The molecule has 1 N–H and O–H groups in total. The zero-order valence-corrected chi connectivity index (χ0v) is 21.3. The number of ether oxygens (including phenoxy) is 1. The first kappa shape index (κ1) is 25.1. The fraction of sp³-hybridized carbons (Fsp3) is 0.538. The number of carbonyl (C=O) groups is 2. The molecule has 1 aromatic heterocycles. The Morgan fingerprint density at radius 3 is 2.55 bits per heavy atom. The molecule has 0 saturated heterocycles. The predicted octanol–water partition coefficient (Wildman–Crippen LogP) is 5.21. The number of amides is 3. The van der Waals surface area contributed by atoms with Crippen molar-refractivity contribution < 1.29 is 14.3 Å². The number of carbonyl (C=O) groups excluding carboxylic acids is 2. The van der Waals surface area contributed by atoms with E-state index in [1.165, 1.54) is 10.4 Å². The van der Waals surface area contributed by atoms with Crippen LogP contribution >= 0.6 is 11.3 Å². The standard InChI is InChI=1S/C26H37N3O3S/c1-6-13-27-26(31)29(19(4)5)16-25(30)28-14-11-24-22(12-15-33-24)23(28)17-32-21-9-7-20(8-10-21)18(2)3/h7-10,12,15,18-19,23H,6,11,13-14,16-17H2,1-5H3,(H,27,31). The van der Waals surface area contributed by atoms with Gasteiger partial charge in [0.05, 0.1) is 6.04 Å². The minimum atomic E-state index is -0.188. The number of nitrogens with one attached hydrogen (secondary N) is 1. The lowest BCUT2D eigenvalue weighted by molar-refractivity contribution is -0.135. The Balaban J connectivity index is 1.73. The van der Waals surface area contributed by atoms with Crippen molar-refractivity contribution >= 4 is 23.3 Å². The fourth-order valence-corrected chi connectivity index (χ4v) is 4.99. The van der Waals surface area contributed by atoms with E-state index >= 15 is 0 Å². The van der Waals surface area contributed by atoms with Crippen LogP contribution in [0.15, 0.2) is 35.7 Å². The maximum Gasteiger partial charge on any atom is 0.318 e. The molecule has 1 aromatic carbocycles. The maximum atomic E-state index is 13.4. The lowest BCUT2D eigenvalue weighted by Crippen LogP contribution is -2.51. The van der Waals surface area contributed by atoms with Crippen LogP contribution in [-0.2, 0) is 11.2 Å². The molecule has 0 fully saturated rings. The highest BCUT2D eigenvalue weighted by Gasteiger charge is 2.34. The second-order valence-corrected chi connectivity index (χ2v) is 10.1. The highest BCUT2D eigenvalue weighted by atomic mass is 32.1. The van der Waals surface area contributed by atoms with Gasteiger partial charge in [0.2, 0.25) is 5.91 Å². The minimum Gasteiger partial charge on any atom is -0.491 e. The second-order valence-electron chi connectivity index (χ2n) is 9.14. The van der Waals surface area contributed by atoms with Gasteiger partial charge >= 0.3 is 6.03 Å². The highest BCUT2D eigenvalue weighted by Crippen LogP contribution is 2.34. The summed E-state index contributed by atoms with van der Waals surface area (Å²) in [5.41, 5.74) is 2.43. The summed E-state index contributed by atoms with van der Waals surface area (Å²) in [4.78, 5) is 30.8. The van der Waals surface area contributed by atoms with Crippen LogP contribution in [0, 0.1) is 0 Å². The van der Waals surface area contributed by atoms with E-state index < -0.39 is 0 Å². The normalized spacial score (nSPS) is 15.5. The summed E-state index contributed by atoms with van der Waals surface area (Å²) in [6.07, 6.45) is 1.69. The van der Waals surface area contributed by atoms with Gasteiger partial charge in [0.1, 0.15) is 18.9 Å². The molecule has 180 valence electrons. The van der Waals surface area contributed by atoms with Crippen LogP contribution in [0.5, 0.6) is 5.75 Å². The number of fused-ring (bicyclic) bond motifs is 1. The van der Waals surface area contributed by atoms with Gasteiger partial charge in [0.15, 0.2) is 0 Å². The van der Waals surface area contributed by atoms with Crippen LogP contribution in [0.2, 0.25) is 0 Å². The van der Waals surface area contributed by atoms with E-state index in [-0.39, 0.29) is 30.6 Å². The van der Waals surface area contributed by atoms with E-state index in [4.69, 9.17) is 4.74 Å². The molecule has 1 atom stereocenters. The summed E-state index contributed by atoms with van der Waals surface area (Å²) in [7, 11) is 0. The van der Waals surface area contributed by atoms with E-state index in [9.17, 15) is 9.59 Å². The van der Waals surface area contributed by atoms with Gasteiger partial charge in [0.25, 0.3) is 0 Å². The molecule has 1 unspecified atom stereocenters. The average molecular weight is 472 g/mol. The molecule has 2 aromatic rings. The third-order valence-electron chi connectivity index (χ3n) is 6.09. The number of rotatable bonds is 9. The van der Waals surface area contributed by atoms with E-state index in [0.29, 0.717) is 25.6 Å². The van der Waals surface area contributed by atoms with Crippen molar-refractivity contribution in [3.63, 3.8) is 0 Å². The zero-order valence-electron chi connectivity index (χ0n) is 20.5. The predicted molar refractivity (Wildman–Crippen MR) is 134 cm³/mol. The van der Waals surface area contributed by atoms with Crippen molar-refractivity contribution in [2.75, 3.05) is 26.2 Å². The Morgan fingerprint density at radius 2 is 1.91 bits per heavy atom. The summed E-state index contributed by atoms with van der Waals surface area (Å²) in [6, 6.07) is 9.86. The topological polar surface area (TPSA) is 61.9 Å². The van der Waals surface area contributed by atoms with Crippen LogP contribution < -0.4 is 10.1 Å². The molecule has 1 aliphatic rings. The van der Waals surface area contributed by atoms with Crippen molar-refractivity contribution in [2.45, 2.75) is 65.5 Å². The number of thiophene rings is 1. The van der Waals surface area contributed by atoms with Crippen LogP contribution in [0.25, 0.3) is 0 Å². The van der Waals surface area contributed by atoms with Crippen molar-refractivity contribution in [3.05, 3.63) is 51.7 Å². The molecule has 3 rings (SSSR count). The van der Waals surface area contributed by atoms with E-state index in [1.807, 2.05) is 37.8 Å². The molecule has 0 spiro atoms. The van der Waals surface area contributed by atoms with Gasteiger partial charge in [-0.1, -0.05) is 32.9 Å². The van der Waals surface area contributed by atoms with Crippen molar-refractivity contribution in [3.8, 4) is 5.75 Å². The van der Waals surface area contributed by atoms with E-state index in [0.717, 1.165) is 24.2 Å². The molecule has 0 saturated carbocycles. The molecule has 0 bridgehead atoms. The van der Waals surface area contributed by atoms with Gasteiger partial charge in [-0.25, -0.2) is 4.79 Å². The Labute approximate surface area is 201 Å². The van der Waals surface area contributed by atoms with E-state index in [1.54, 1.807) is 16.2 Å². The summed E-state index contributed by atoms with van der Waals surface area (Å²) in [5, 5.41) is 4.98. The summed E-state index contributed by atoms with van der Waals surface area (Å²) >= 11 is 1.73. The highest BCUT2D eigenvalue weighted by molar-refractivity contribution is 7.10. The lowest BCUT2D eigenvalue weighted by atomic mass is 10.00. The first-order valence-corrected chi connectivity index (χ1v) is 12.8. The second kappa shape index (κ2) is 11.5. The van der Waals surface area contributed by atoms with Gasteiger partial charge in [-0.3, -0.25) is 4.79 Å². The average Bonchev–Trinajstić information content (AvgIpc) is 3.28. The SMILES string of the molecule is CCCNC(=O)N(CC(=O)N1CCc2sccc2C1COc1ccc(C(C)C)cc1)C(C)C. The smallest absolute Gasteiger partial charge is 0.318 e. The summed E-state index contributed by atoms with van der Waals surface area (Å²) < 4.78 is 6.16. The van der Waals surface area contributed by atoms with Crippen LogP contribution in [0.3, 0.4) is 0 Å². The molecule has 3 amide bonds. The molecular weight excluding hydrogens is 434 g/mol. The Bertz CT molecular complexity index is 923. The third kappa shape index (κ3) is 6.28. The number of nitrogens with zero attached hydrogens (tertiary/aromatic N) is 2. The van der Waals surface area contributed by atoms with Crippen molar-refractivity contribution in [1.82, 2.24) is 15.1 Å². The Morgan fingerprint density at radius 1 is 1.18 bits per heavy atom. The van der Waals surface area contributed by atoms with Gasteiger partial charge in [0, 0.05) is 24.0 Å². The molecule has 33 heavy (non-hydrogen) atoms.